The highest BCUT2D eigenvalue weighted by atomic mass is 15.3. The summed E-state index contributed by atoms with van der Waals surface area (Å²) >= 11 is 0. The fraction of sp³-hybridized carbons (Fsp3) is 0.933. The van der Waals surface area contributed by atoms with Gasteiger partial charge in [-0.05, 0) is 26.2 Å². The van der Waals surface area contributed by atoms with E-state index in [0.29, 0.717) is 0 Å². The maximum atomic E-state index is 2.69. The zero-order valence-electron chi connectivity index (χ0n) is 11.7. The van der Waals surface area contributed by atoms with Crippen molar-refractivity contribution in [3.63, 3.8) is 0 Å². The molecule has 2 heterocycles. The van der Waals surface area contributed by atoms with Crippen LogP contribution in [0.2, 0.25) is 0 Å². The lowest BCUT2D eigenvalue weighted by atomic mass is 10.1. The van der Waals surface area contributed by atoms with E-state index in [9.17, 15) is 0 Å². The van der Waals surface area contributed by atoms with E-state index in [1.54, 1.807) is 5.84 Å². The van der Waals surface area contributed by atoms with E-state index in [2.05, 4.69) is 23.3 Å². The lowest BCUT2D eigenvalue weighted by Gasteiger charge is -2.17. The molecule has 2 nitrogen and oxygen atoms in total. The van der Waals surface area contributed by atoms with Gasteiger partial charge in [-0.2, -0.15) is 0 Å². The molecule has 1 atom stereocenters. The van der Waals surface area contributed by atoms with Crippen molar-refractivity contribution in [1.29, 1.82) is 0 Å². The normalized spacial score (nSPS) is 23.6. The molecule has 0 bridgehead atoms. The van der Waals surface area contributed by atoms with E-state index in [1.807, 2.05) is 0 Å². The Morgan fingerprint density at radius 2 is 1.94 bits per heavy atom. The van der Waals surface area contributed by atoms with E-state index >= 15 is 0 Å². The first-order chi connectivity index (χ1) is 8.33. The fourth-order valence-electron chi connectivity index (χ4n) is 3.32. The second kappa shape index (κ2) is 6.42. The smallest absolute Gasteiger partial charge is 0.247 e. The van der Waals surface area contributed by atoms with Crippen LogP contribution in [0, 0.1) is 0 Å². The predicted octanol–water partition coefficient (Wildman–Crippen LogP) is 3.26. The maximum Gasteiger partial charge on any atom is 0.247 e. The number of unbranched alkanes of at least 4 members (excludes halogenated alkanes) is 5. The van der Waals surface area contributed by atoms with Gasteiger partial charge in [-0.15, -0.1) is 0 Å². The minimum absolute atomic E-state index is 0.765. The van der Waals surface area contributed by atoms with Gasteiger partial charge in [-0.1, -0.05) is 32.6 Å². The molecule has 0 saturated heterocycles. The Bertz CT molecular complexity index is 270. The Morgan fingerprint density at radius 1 is 1.18 bits per heavy atom. The van der Waals surface area contributed by atoms with Gasteiger partial charge in [0.1, 0.15) is 12.6 Å². The predicted molar refractivity (Wildman–Crippen MR) is 73.8 cm³/mol. The highest BCUT2D eigenvalue weighted by molar-refractivity contribution is 5.79. The molecule has 0 saturated carbocycles. The number of hydrogen-bond acceptors (Lipinski definition) is 1. The molecule has 98 valence electrons. The Labute approximate surface area is 107 Å². The van der Waals surface area contributed by atoms with E-state index in [-0.39, 0.29) is 0 Å². The quantitative estimate of drug-likeness (QED) is 0.486. The van der Waals surface area contributed by atoms with Crippen molar-refractivity contribution in [3.8, 4) is 0 Å². The Kier molecular flexibility index (Phi) is 4.87. The first kappa shape index (κ1) is 12.9. The molecule has 1 unspecified atom stereocenters. The summed E-state index contributed by atoms with van der Waals surface area (Å²) in [6.45, 7) is 8.58. The number of nitrogens with zero attached hydrogens (tertiary/aromatic N) is 2. The molecule has 2 aliphatic heterocycles. The van der Waals surface area contributed by atoms with Crippen LogP contribution in [-0.4, -0.2) is 41.0 Å². The summed E-state index contributed by atoms with van der Waals surface area (Å²) in [5, 5.41) is 0. The van der Waals surface area contributed by atoms with Crippen LogP contribution in [0.15, 0.2) is 0 Å². The van der Waals surface area contributed by atoms with Crippen LogP contribution in [-0.2, 0) is 0 Å². The van der Waals surface area contributed by atoms with Crippen molar-refractivity contribution in [1.82, 2.24) is 4.90 Å². The average molecular weight is 237 g/mol. The van der Waals surface area contributed by atoms with E-state index in [4.69, 9.17) is 0 Å². The van der Waals surface area contributed by atoms with Crippen molar-refractivity contribution in [2.45, 2.75) is 71.3 Å². The molecule has 0 aromatic carbocycles. The zero-order valence-corrected chi connectivity index (χ0v) is 11.7. The fourth-order valence-corrected chi connectivity index (χ4v) is 3.32. The molecule has 0 aliphatic carbocycles. The average Bonchev–Trinajstić information content (AvgIpc) is 2.85. The molecule has 0 radical (unpaired) electrons. The third-order valence-corrected chi connectivity index (χ3v) is 4.29. The van der Waals surface area contributed by atoms with Crippen LogP contribution < -0.4 is 0 Å². The standard InChI is InChI=1S/C15H29N2/c1-3-4-5-6-7-8-12-17-14(2)13-16-11-9-10-15(16)17/h14H,3-13H2,1-2H3/q+1. The van der Waals surface area contributed by atoms with Gasteiger partial charge in [0.2, 0.25) is 5.84 Å². The molecule has 0 spiro atoms. The summed E-state index contributed by atoms with van der Waals surface area (Å²) < 4.78 is 2.61. The maximum absolute atomic E-state index is 2.69. The van der Waals surface area contributed by atoms with Crippen molar-refractivity contribution in [2.24, 2.45) is 0 Å². The Hall–Kier alpha value is -0.530. The van der Waals surface area contributed by atoms with E-state index in [0.717, 1.165) is 6.04 Å². The van der Waals surface area contributed by atoms with Gasteiger partial charge >= 0.3 is 0 Å². The minimum Gasteiger partial charge on any atom is -0.261 e. The van der Waals surface area contributed by atoms with Crippen LogP contribution in [0.1, 0.15) is 65.2 Å². The SMILES string of the molecule is CCCCCCCCN1C2=[N+](CCC2)CC1C. The summed E-state index contributed by atoms with van der Waals surface area (Å²) in [6, 6.07) is 0.765. The number of hydrogen-bond donors (Lipinski definition) is 0. The monoisotopic (exact) mass is 237 g/mol. The third-order valence-electron chi connectivity index (χ3n) is 4.29. The summed E-state index contributed by atoms with van der Waals surface area (Å²) in [6.07, 6.45) is 11.2. The van der Waals surface area contributed by atoms with Crippen LogP contribution >= 0.6 is 0 Å². The van der Waals surface area contributed by atoms with Crippen molar-refractivity contribution < 1.29 is 4.58 Å². The van der Waals surface area contributed by atoms with Crippen LogP contribution in [0.3, 0.4) is 0 Å². The van der Waals surface area contributed by atoms with Gasteiger partial charge < -0.3 is 0 Å². The Balaban J connectivity index is 1.65. The largest absolute Gasteiger partial charge is 0.261 e. The van der Waals surface area contributed by atoms with E-state index in [1.165, 1.54) is 71.0 Å². The molecule has 2 aliphatic rings. The summed E-state index contributed by atoms with van der Waals surface area (Å²) in [5.41, 5.74) is 0. The molecular formula is C15H29N2+. The molecule has 2 heteroatoms. The van der Waals surface area contributed by atoms with Crippen LogP contribution in [0.5, 0.6) is 0 Å². The Morgan fingerprint density at radius 3 is 2.76 bits per heavy atom. The molecule has 0 aromatic heterocycles. The molecule has 0 amide bonds. The minimum atomic E-state index is 0.765. The number of rotatable bonds is 7. The third kappa shape index (κ3) is 3.23. The van der Waals surface area contributed by atoms with Crippen LogP contribution in [0.25, 0.3) is 0 Å². The summed E-state index contributed by atoms with van der Waals surface area (Å²) in [5.74, 6) is 1.66. The molecular weight excluding hydrogens is 208 g/mol. The first-order valence-corrected chi connectivity index (χ1v) is 7.70. The summed E-state index contributed by atoms with van der Waals surface area (Å²) in [7, 11) is 0. The second-order valence-corrected chi connectivity index (χ2v) is 5.78. The molecule has 0 N–H and O–H groups in total. The van der Waals surface area contributed by atoms with Crippen LogP contribution in [0.4, 0.5) is 0 Å². The van der Waals surface area contributed by atoms with Gasteiger partial charge in [-0.3, -0.25) is 9.48 Å². The van der Waals surface area contributed by atoms with Crippen molar-refractivity contribution in [3.05, 3.63) is 0 Å². The van der Waals surface area contributed by atoms with Gasteiger partial charge in [0.05, 0.1) is 19.5 Å². The number of amidine groups is 1. The molecule has 2 rings (SSSR count). The van der Waals surface area contributed by atoms with Gasteiger partial charge in [0, 0.05) is 0 Å². The van der Waals surface area contributed by atoms with Crippen molar-refractivity contribution >= 4 is 5.84 Å². The lowest BCUT2D eigenvalue weighted by molar-refractivity contribution is -0.513. The molecule has 0 fully saturated rings. The van der Waals surface area contributed by atoms with Gasteiger partial charge in [0.25, 0.3) is 0 Å². The molecule has 0 aromatic rings. The van der Waals surface area contributed by atoms with E-state index < -0.39 is 0 Å². The zero-order chi connectivity index (χ0) is 12.1. The highest BCUT2D eigenvalue weighted by Crippen LogP contribution is 2.20. The van der Waals surface area contributed by atoms with Crippen molar-refractivity contribution in [2.75, 3.05) is 19.6 Å². The lowest BCUT2D eigenvalue weighted by Crippen LogP contribution is -2.35. The van der Waals surface area contributed by atoms with Gasteiger partial charge in [0.15, 0.2) is 0 Å². The topological polar surface area (TPSA) is 6.25 Å². The molecule has 17 heavy (non-hydrogen) atoms. The van der Waals surface area contributed by atoms with Gasteiger partial charge in [-0.25, -0.2) is 0 Å². The summed E-state index contributed by atoms with van der Waals surface area (Å²) in [4.78, 5) is 2.69. The first-order valence-electron chi connectivity index (χ1n) is 7.70. The highest BCUT2D eigenvalue weighted by Gasteiger charge is 2.38. The second-order valence-electron chi connectivity index (χ2n) is 5.78.